The van der Waals surface area contributed by atoms with E-state index < -0.39 is 15.8 Å². The van der Waals surface area contributed by atoms with Crippen LogP contribution >= 0.6 is 0 Å². The van der Waals surface area contributed by atoms with Gasteiger partial charge in [-0.2, -0.15) is 0 Å². The average molecular weight is 318 g/mol. The maximum Gasteiger partial charge on any atom is 0.265 e. The molecule has 0 atom stereocenters. The van der Waals surface area contributed by atoms with Crippen LogP contribution in [-0.2, 0) is 16.4 Å². The van der Waals surface area contributed by atoms with Crippen LogP contribution in [0.25, 0.3) is 0 Å². The predicted octanol–water partition coefficient (Wildman–Crippen LogP) is 2.47. The Bertz CT molecular complexity index is 787. The van der Waals surface area contributed by atoms with E-state index in [0.29, 0.717) is 25.3 Å². The van der Waals surface area contributed by atoms with E-state index in [1.807, 2.05) is 30.3 Å². The Morgan fingerprint density at radius 2 is 1.73 bits per heavy atom. The van der Waals surface area contributed by atoms with Crippen molar-refractivity contribution in [3.63, 3.8) is 0 Å². The van der Waals surface area contributed by atoms with Gasteiger partial charge in [0.05, 0.1) is 18.0 Å². The van der Waals surface area contributed by atoms with E-state index in [4.69, 9.17) is 0 Å². The lowest BCUT2D eigenvalue weighted by Gasteiger charge is -2.20. The molecule has 2 aromatic carbocycles. The molecule has 114 valence electrons. The summed E-state index contributed by atoms with van der Waals surface area (Å²) >= 11 is 0. The molecule has 0 radical (unpaired) electrons. The van der Waals surface area contributed by atoms with Crippen LogP contribution in [0, 0.1) is 5.82 Å². The van der Waals surface area contributed by atoms with Crippen LogP contribution in [0.1, 0.15) is 5.56 Å². The number of nitrogens with zero attached hydrogens (tertiary/aromatic N) is 2. The molecular formula is C16H15FN2O2S. The van der Waals surface area contributed by atoms with Crippen LogP contribution in [0.5, 0.6) is 0 Å². The predicted molar refractivity (Wildman–Crippen MR) is 82.7 cm³/mol. The van der Waals surface area contributed by atoms with Crippen LogP contribution in [0.2, 0.25) is 0 Å². The van der Waals surface area contributed by atoms with Gasteiger partial charge in [0.1, 0.15) is 11.7 Å². The molecule has 3 rings (SSSR count). The van der Waals surface area contributed by atoms with Gasteiger partial charge in [0, 0.05) is 6.42 Å². The molecule has 6 heteroatoms. The van der Waals surface area contributed by atoms with Gasteiger partial charge in [0.25, 0.3) is 10.0 Å². The van der Waals surface area contributed by atoms with Crippen molar-refractivity contribution in [1.82, 2.24) is 4.31 Å². The van der Waals surface area contributed by atoms with Crippen LogP contribution in [0.4, 0.5) is 4.39 Å². The summed E-state index contributed by atoms with van der Waals surface area (Å²) in [5, 5.41) is 0. The standard InChI is InChI=1S/C16H15FN2O2S/c17-14-6-8-15(9-7-14)22(20,21)19-11-10-18-16(19)12-13-4-2-1-3-5-13/h1-9H,10-12H2. The summed E-state index contributed by atoms with van der Waals surface area (Å²) in [6.45, 7) is 0.768. The van der Waals surface area contributed by atoms with Crippen LogP contribution in [0.15, 0.2) is 64.5 Å². The SMILES string of the molecule is O=S(=O)(c1ccc(F)cc1)N1CCN=C1Cc1ccccc1. The van der Waals surface area contributed by atoms with Gasteiger partial charge in [-0.05, 0) is 29.8 Å². The van der Waals surface area contributed by atoms with Gasteiger partial charge in [-0.25, -0.2) is 12.8 Å². The second-order valence-corrected chi connectivity index (χ2v) is 6.85. The highest BCUT2D eigenvalue weighted by molar-refractivity contribution is 7.89. The molecule has 0 fully saturated rings. The molecule has 0 spiro atoms. The van der Waals surface area contributed by atoms with E-state index in [0.717, 1.165) is 17.7 Å². The molecule has 0 saturated carbocycles. The Labute approximate surface area is 129 Å². The van der Waals surface area contributed by atoms with Gasteiger partial charge in [-0.3, -0.25) is 9.30 Å². The van der Waals surface area contributed by atoms with Gasteiger partial charge in [0.15, 0.2) is 0 Å². The molecule has 0 unspecified atom stereocenters. The van der Waals surface area contributed by atoms with E-state index in [-0.39, 0.29) is 4.90 Å². The lowest BCUT2D eigenvalue weighted by atomic mass is 10.1. The van der Waals surface area contributed by atoms with Crippen molar-refractivity contribution in [1.29, 1.82) is 0 Å². The van der Waals surface area contributed by atoms with Gasteiger partial charge >= 0.3 is 0 Å². The molecule has 0 aliphatic carbocycles. The second-order valence-electron chi connectivity index (χ2n) is 4.99. The zero-order valence-electron chi connectivity index (χ0n) is 11.8. The van der Waals surface area contributed by atoms with Crippen molar-refractivity contribution in [3.05, 3.63) is 66.0 Å². The fraction of sp³-hybridized carbons (Fsp3) is 0.188. The number of amidine groups is 1. The molecule has 1 aliphatic rings. The summed E-state index contributed by atoms with van der Waals surface area (Å²) in [6.07, 6.45) is 0.460. The minimum absolute atomic E-state index is 0.0801. The molecule has 0 amide bonds. The maximum atomic E-state index is 13.0. The van der Waals surface area contributed by atoms with Crippen molar-refractivity contribution in [2.75, 3.05) is 13.1 Å². The normalized spacial score (nSPS) is 15.0. The van der Waals surface area contributed by atoms with E-state index >= 15 is 0 Å². The van der Waals surface area contributed by atoms with Gasteiger partial charge < -0.3 is 0 Å². The minimum atomic E-state index is -3.69. The van der Waals surface area contributed by atoms with Crippen LogP contribution in [-0.4, -0.2) is 31.6 Å². The number of hydrogen-bond donors (Lipinski definition) is 0. The highest BCUT2D eigenvalue weighted by atomic mass is 32.2. The first-order valence-electron chi connectivity index (χ1n) is 6.93. The number of hydrogen-bond acceptors (Lipinski definition) is 3. The summed E-state index contributed by atoms with van der Waals surface area (Å²) in [5.41, 5.74) is 1.00. The Balaban J connectivity index is 1.87. The van der Waals surface area contributed by atoms with Gasteiger partial charge in [-0.1, -0.05) is 30.3 Å². The maximum absolute atomic E-state index is 13.0. The molecule has 0 bridgehead atoms. The van der Waals surface area contributed by atoms with Crippen molar-refractivity contribution >= 4 is 15.9 Å². The number of rotatable bonds is 4. The fourth-order valence-electron chi connectivity index (χ4n) is 2.39. The largest absolute Gasteiger partial charge is 0.269 e. The first kappa shape index (κ1) is 14.7. The molecular weight excluding hydrogens is 303 g/mol. The Kier molecular flexibility index (Phi) is 3.94. The number of benzene rings is 2. The fourth-order valence-corrected chi connectivity index (χ4v) is 3.85. The Morgan fingerprint density at radius 1 is 1.05 bits per heavy atom. The molecule has 22 heavy (non-hydrogen) atoms. The second kappa shape index (κ2) is 5.88. The molecule has 1 aliphatic heterocycles. The Hall–Kier alpha value is -2.21. The molecule has 0 aromatic heterocycles. The highest BCUT2D eigenvalue weighted by Gasteiger charge is 2.30. The van der Waals surface area contributed by atoms with Crippen LogP contribution < -0.4 is 0 Å². The summed E-state index contributed by atoms with van der Waals surface area (Å²) in [6, 6.07) is 14.5. The summed E-state index contributed by atoms with van der Waals surface area (Å²) in [5.74, 6) is 0.0640. The quantitative estimate of drug-likeness (QED) is 0.869. The smallest absolute Gasteiger partial charge is 0.265 e. The van der Waals surface area contributed by atoms with Crippen molar-refractivity contribution < 1.29 is 12.8 Å². The monoisotopic (exact) mass is 318 g/mol. The topological polar surface area (TPSA) is 49.7 Å². The first-order chi connectivity index (χ1) is 10.6. The third-order valence-electron chi connectivity index (χ3n) is 3.49. The van der Waals surface area contributed by atoms with Gasteiger partial charge in [-0.15, -0.1) is 0 Å². The lowest BCUT2D eigenvalue weighted by molar-refractivity contribution is 0.535. The minimum Gasteiger partial charge on any atom is -0.269 e. The highest BCUT2D eigenvalue weighted by Crippen LogP contribution is 2.20. The van der Waals surface area contributed by atoms with E-state index in [2.05, 4.69) is 4.99 Å². The first-order valence-corrected chi connectivity index (χ1v) is 8.37. The van der Waals surface area contributed by atoms with E-state index in [1.165, 1.54) is 16.4 Å². The van der Waals surface area contributed by atoms with Gasteiger partial charge in [0.2, 0.25) is 0 Å². The van der Waals surface area contributed by atoms with Crippen molar-refractivity contribution in [3.8, 4) is 0 Å². The third kappa shape index (κ3) is 2.87. The summed E-state index contributed by atoms with van der Waals surface area (Å²) in [4.78, 5) is 4.39. The molecule has 1 heterocycles. The number of halogens is 1. The molecule has 0 saturated heterocycles. The van der Waals surface area contributed by atoms with Crippen molar-refractivity contribution in [2.24, 2.45) is 4.99 Å². The van der Waals surface area contributed by atoms with Crippen molar-refractivity contribution in [2.45, 2.75) is 11.3 Å². The zero-order valence-corrected chi connectivity index (χ0v) is 12.6. The lowest BCUT2D eigenvalue weighted by Crippen LogP contribution is -2.35. The molecule has 0 N–H and O–H groups in total. The number of aliphatic imine (C=N–C) groups is 1. The van der Waals surface area contributed by atoms with Crippen LogP contribution in [0.3, 0.4) is 0 Å². The number of sulfonamides is 1. The summed E-state index contributed by atoms with van der Waals surface area (Å²) < 4.78 is 39.6. The Morgan fingerprint density at radius 3 is 2.41 bits per heavy atom. The molecule has 2 aromatic rings. The summed E-state index contributed by atoms with van der Waals surface area (Å²) in [7, 11) is -3.69. The average Bonchev–Trinajstić information content (AvgIpc) is 2.98. The van der Waals surface area contributed by atoms with E-state index in [1.54, 1.807) is 0 Å². The third-order valence-corrected chi connectivity index (χ3v) is 5.33. The van der Waals surface area contributed by atoms with E-state index in [9.17, 15) is 12.8 Å². The zero-order chi connectivity index (χ0) is 15.6. The molecule has 4 nitrogen and oxygen atoms in total.